The van der Waals surface area contributed by atoms with Gasteiger partial charge in [-0.15, -0.1) is 11.3 Å². The van der Waals surface area contributed by atoms with Gasteiger partial charge in [0.15, 0.2) is 0 Å². The molecule has 0 amide bonds. The second kappa shape index (κ2) is 4.84. The van der Waals surface area contributed by atoms with Gasteiger partial charge in [-0.05, 0) is 37.3 Å². The summed E-state index contributed by atoms with van der Waals surface area (Å²) in [5, 5.41) is 11.7. The van der Waals surface area contributed by atoms with Gasteiger partial charge < -0.3 is 10.8 Å². The average molecular weight is 240 g/mol. The molecule has 0 spiro atoms. The van der Waals surface area contributed by atoms with Crippen molar-refractivity contribution in [3.8, 4) is 0 Å². The molecule has 16 heavy (non-hydrogen) atoms. The Kier molecular flexibility index (Phi) is 3.64. The zero-order chi connectivity index (χ0) is 11.7. The second-order valence-corrected chi connectivity index (χ2v) is 5.66. The van der Waals surface area contributed by atoms with Crippen molar-refractivity contribution in [3.63, 3.8) is 0 Å². The Balaban J connectivity index is 2.21. The number of nitrogens with two attached hydrogens (primary N) is 1. The van der Waals surface area contributed by atoms with Crippen molar-refractivity contribution in [2.75, 3.05) is 13.1 Å². The van der Waals surface area contributed by atoms with Crippen molar-refractivity contribution in [3.05, 3.63) is 21.9 Å². The van der Waals surface area contributed by atoms with Gasteiger partial charge in [0.2, 0.25) is 0 Å². The lowest BCUT2D eigenvalue weighted by Gasteiger charge is -2.30. The summed E-state index contributed by atoms with van der Waals surface area (Å²) in [7, 11) is 0. The van der Waals surface area contributed by atoms with E-state index in [-0.39, 0.29) is 18.2 Å². The minimum atomic E-state index is -0.179. The normalized spacial score (nSPS) is 25.9. The molecule has 90 valence electrons. The minimum Gasteiger partial charge on any atom is -0.392 e. The molecule has 3 N–H and O–H groups in total. The van der Waals surface area contributed by atoms with E-state index in [0.29, 0.717) is 0 Å². The number of likely N-dealkylation sites (tertiary alicyclic amines) is 1. The molecule has 3 atom stereocenters. The van der Waals surface area contributed by atoms with Crippen LogP contribution in [0.1, 0.15) is 29.8 Å². The lowest BCUT2D eigenvalue weighted by molar-refractivity contribution is 0.152. The standard InChI is InChI=1S/C12H20N2OS/c1-8-4-6-16-12(8)11(9(2)13)14-5-3-10(15)7-14/h4,6,9-11,15H,3,5,7,13H2,1-2H3. The van der Waals surface area contributed by atoms with E-state index < -0.39 is 0 Å². The third kappa shape index (κ3) is 2.30. The molecular formula is C12H20N2OS. The van der Waals surface area contributed by atoms with Crippen molar-refractivity contribution in [2.24, 2.45) is 5.73 Å². The number of aliphatic hydroxyl groups excluding tert-OH is 1. The maximum atomic E-state index is 9.62. The van der Waals surface area contributed by atoms with Crippen LogP contribution in [0.4, 0.5) is 0 Å². The van der Waals surface area contributed by atoms with Crippen LogP contribution in [0.25, 0.3) is 0 Å². The molecule has 2 rings (SSSR count). The van der Waals surface area contributed by atoms with E-state index in [1.807, 2.05) is 0 Å². The molecule has 2 heterocycles. The number of hydrogen-bond donors (Lipinski definition) is 2. The SMILES string of the molecule is Cc1ccsc1C(C(C)N)N1CCC(O)C1. The second-order valence-electron chi connectivity index (χ2n) is 4.71. The molecule has 1 aliphatic heterocycles. The Morgan fingerprint density at radius 3 is 2.81 bits per heavy atom. The fourth-order valence-electron chi connectivity index (χ4n) is 2.45. The Labute approximate surface area is 101 Å². The highest BCUT2D eigenvalue weighted by atomic mass is 32.1. The molecule has 3 nitrogen and oxygen atoms in total. The van der Waals surface area contributed by atoms with Crippen LogP contribution in [0.3, 0.4) is 0 Å². The van der Waals surface area contributed by atoms with Gasteiger partial charge >= 0.3 is 0 Å². The zero-order valence-corrected chi connectivity index (χ0v) is 10.7. The summed E-state index contributed by atoms with van der Waals surface area (Å²) in [6.45, 7) is 5.89. The maximum Gasteiger partial charge on any atom is 0.0679 e. The van der Waals surface area contributed by atoms with Crippen molar-refractivity contribution in [2.45, 2.75) is 38.5 Å². The lowest BCUT2D eigenvalue weighted by Crippen LogP contribution is -2.38. The number of hydrogen-bond acceptors (Lipinski definition) is 4. The molecule has 4 heteroatoms. The van der Waals surface area contributed by atoms with Gasteiger partial charge in [-0.2, -0.15) is 0 Å². The first-order valence-electron chi connectivity index (χ1n) is 5.81. The van der Waals surface area contributed by atoms with E-state index >= 15 is 0 Å². The fraction of sp³-hybridized carbons (Fsp3) is 0.667. The van der Waals surface area contributed by atoms with Gasteiger partial charge in [-0.1, -0.05) is 0 Å². The predicted molar refractivity (Wildman–Crippen MR) is 67.6 cm³/mol. The Morgan fingerprint density at radius 1 is 1.62 bits per heavy atom. The van der Waals surface area contributed by atoms with E-state index in [1.165, 1.54) is 10.4 Å². The highest BCUT2D eigenvalue weighted by molar-refractivity contribution is 7.10. The zero-order valence-electron chi connectivity index (χ0n) is 9.89. The van der Waals surface area contributed by atoms with Crippen LogP contribution in [0, 0.1) is 6.92 Å². The number of aliphatic hydroxyl groups is 1. The van der Waals surface area contributed by atoms with Gasteiger partial charge in [0.25, 0.3) is 0 Å². The largest absolute Gasteiger partial charge is 0.392 e. The van der Waals surface area contributed by atoms with Crippen LogP contribution in [-0.2, 0) is 0 Å². The molecule has 0 radical (unpaired) electrons. The maximum absolute atomic E-state index is 9.62. The first kappa shape index (κ1) is 12.0. The quantitative estimate of drug-likeness (QED) is 0.842. The van der Waals surface area contributed by atoms with Crippen molar-refractivity contribution >= 4 is 11.3 Å². The third-order valence-corrected chi connectivity index (χ3v) is 4.35. The molecule has 1 fully saturated rings. The van der Waals surface area contributed by atoms with Crippen LogP contribution in [0.5, 0.6) is 0 Å². The van der Waals surface area contributed by atoms with Gasteiger partial charge in [0.1, 0.15) is 0 Å². The number of β-amino-alcohol motifs (C(OH)–C–C–N with tert-alkyl or cyclic N) is 1. The molecule has 1 saturated heterocycles. The summed E-state index contributed by atoms with van der Waals surface area (Å²) in [5.74, 6) is 0. The first-order valence-corrected chi connectivity index (χ1v) is 6.69. The topological polar surface area (TPSA) is 49.5 Å². The van der Waals surface area contributed by atoms with E-state index in [9.17, 15) is 5.11 Å². The number of rotatable bonds is 3. The van der Waals surface area contributed by atoms with E-state index in [2.05, 4.69) is 30.2 Å². The van der Waals surface area contributed by atoms with Crippen molar-refractivity contribution in [1.82, 2.24) is 4.90 Å². The van der Waals surface area contributed by atoms with Crippen LogP contribution in [-0.4, -0.2) is 35.2 Å². The van der Waals surface area contributed by atoms with Gasteiger partial charge in [-0.3, -0.25) is 4.90 Å². The van der Waals surface area contributed by atoms with Crippen LogP contribution < -0.4 is 5.73 Å². The van der Waals surface area contributed by atoms with E-state index in [4.69, 9.17) is 5.73 Å². The van der Waals surface area contributed by atoms with Crippen LogP contribution >= 0.6 is 11.3 Å². The van der Waals surface area contributed by atoms with Gasteiger partial charge in [-0.25, -0.2) is 0 Å². The molecule has 0 bridgehead atoms. The van der Waals surface area contributed by atoms with E-state index in [0.717, 1.165) is 19.5 Å². The molecule has 0 aromatic carbocycles. The summed E-state index contributed by atoms with van der Waals surface area (Å²) >= 11 is 1.77. The van der Waals surface area contributed by atoms with Crippen LogP contribution in [0.2, 0.25) is 0 Å². The highest BCUT2D eigenvalue weighted by Crippen LogP contribution is 2.32. The predicted octanol–water partition coefficient (Wildman–Crippen LogP) is 1.51. The molecule has 0 saturated carbocycles. The molecule has 1 aromatic heterocycles. The molecule has 1 aromatic rings. The highest BCUT2D eigenvalue weighted by Gasteiger charge is 2.31. The number of aryl methyl sites for hydroxylation is 1. The first-order chi connectivity index (χ1) is 7.59. The van der Waals surface area contributed by atoms with Crippen LogP contribution in [0.15, 0.2) is 11.4 Å². The summed E-state index contributed by atoms with van der Waals surface area (Å²) < 4.78 is 0. The molecule has 0 aliphatic carbocycles. The average Bonchev–Trinajstić information content (AvgIpc) is 2.78. The lowest BCUT2D eigenvalue weighted by atomic mass is 10.0. The number of thiophene rings is 1. The minimum absolute atomic E-state index is 0.0997. The number of nitrogens with zero attached hydrogens (tertiary/aromatic N) is 1. The molecule has 1 aliphatic rings. The third-order valence-electron chi connectivity index (χ3n) is 3.26. The Morgan fingerprint density at radius 2 is 2.38 bits per heavy atom. The summed E-state index contributed by atoms with van der Waals surface area (Å²) in [4.78, 5) is 3.66. The van der Waals surface area contributed by atoms with Gasteiger partial charge in [0.05, 0.1) is 12.1 Å². The van der Waals surface area contributed by atoms with Crippen molar-refractivity contribution < 1.29 is 5.11 Å². The fourth-order valence-corrected chi connectivity index (χ4v) is 3.62. The summed E-state index contributed by atoms with van der Waals surface area (Å²) in [6, 6.07) is 2.50. The Hall–Kier alpha value is -0.420. The Bertz CT molecular complexity index is 351. The summed E-state index contributed by atoms with van der Waals surface area (Å²) in [6.07, 6.45) is 0.690. The smallest absolute Gasteiger partial charge is 0.0679 e. The van der Waals surface area contributed by atoms with Gasteiger partial charge in [0, 0.05) is 24.0 Å². The summed E-state index contributed by atoms with van der Waals surface area (Å²) in [5.41, 5.74) is 7.42. The molecular weight excluding hydrogens is 220 g/mol. The molecule has 3 unspecified atom stereocenters. The van der Waals surface area contributed by atoms with Crippen molar-refractivity contribution in [1.29, 1.82) is 0 Å². The monoisotopic (exact) mass is 240 g/mol. The van der Waals surface area contributed by atoms with E-state index in [1.54, 1.807) is 11.3 Å².